The largest absolute Gasteiger partial charge is 0.322 e. The number of sulfonamides is 1. The summed E-state index contributed by atoms with van der Waals surface area (Å²) in [5.41, 5.74) is 1.17. The number of hydrogen-bond donors (Lipinski definition) is 2. The van der Waals surface area contributed by atoms with E-state index in [-0.39, 0.29) is 16.3 Å². The molecule has 0 aliphatic rings. The van der Waals surface area contributed by atoms with E-state index in [0.29, 0.717) is 11.1 Å². The quantitative estimate of drug-likeness (QED) is 0.819. The fraction of sp³-hybridized carbons (Fsp3) is 0.133. The van der Waals surface area contributed by atoms with Gasteiger partial charge in [-0.25, -0.2) is 22.0 Å². The molecule has 0 heterocycles. The Bertz CT molecular complexity index is 965. The average molecular weight is 368 g/mol. The maximum atomic E-state index is 12.2. The maximum Gasteiger partial charge on any atom is 0.255 e. The Balaban J connectivity index is 2.16. The van der Waals surface area contributed by atoms with Crippen molar-refractivity contribution in [3.8, 4) is 0 Å². The zero-order valence-electron chi connectivity index (χ0n) is 12.8. The van der Waals surface area contributed by atoms with Crippen LogP contribution in [0.1, 0.15) is 15.9 Å². The van der Waals surface area contributed by atoms with Gasteiger partial charge in [0, 0.05) is 17.5 Å². The van der Waals surface area contributed by atoms with Crippen molar-refractivity contribution < 1.29 is 21.6 Å². The number of primary sulfonamides is 1. The van der Waals surface area contributed by atoms with E-state index in [1.165, 1.54) is 36.4 Å². The van der Waals surface area contributed by atoms with Gasteiger partial charge in [0.15, 0.2) is 9.84 Å². The molecule has 0 saturated heterocycles. The number of nitrogens with one attached hydrogen (secondary N) is 1. The monoisotopic (exact) mass is 368 g/mol. The lowest BCUT2D eigenvalue weighted by atomic mass is 10.1. The van der Waals surface area contributed by atoms with Crippen LogP contribution in [-0.4, -0.2) is 29.0 Å². The molecule has 0 aliphatic heterocycles. The summed E-state index contributed by atoms with van der Waals surface area (Å²) in [5, 5.41) is 7.61. The summed E-state index contributed by atoms with van der Waals surface area (Å²) in [6, 6.07) is 11.7. The summed E-state index contributed by atoms with van der Waals surface area (Å²) in [6.45, 7) is 0. The van der Waals surface area contributed by atoms with Gasteiger partial charge >= 0.3 is 0 Å². The number of nitrogens with two attached hydrogens (primary N) is 1. The summed E-state index contributed by atoms with van der Waals surface area (Å²) in [7, 11) is -7.00. The molecule has 2 rings (SSSR count). The van der Waals surface area contributed by atoms with Crippen LogP contribution in [-0.2, 0) is 25.6 Å². The highest BCUT2D eigenvalue weighted by molar-refractivity contribution is 7.90. The third-order valence-corrected chi connectivity index (χ3v) is 4.83. The Labute approximate surface area is 140 Å². The summed E-state index contributed by atoms with van der Waals surface area (Å²) in [4.78, 5) is 12.1. The molecule has 0 saturated carbocycles. The molecule has 2 aromatic carbocycles. The molecule has 24 heavy (non-hydrogen) atoms. The van der Waals surface area contributed by atoms with E-state index in [0.717, 1.165) is 6.26 Å². The minimum absolute atomic E-state index is 0.106. The van der Waals surface area contributed by atoms with Crippen LogP contribution < -0.4 is 10.5 Å². The van der Waals surface area contributed by atoms with Crippen molar-refractivity contribution in [2.24, 2.45) is 5.14 Å². The van der Waals surface area contributed by atoms with Gasteiger partial charge in [0.2, 0.25) is 10.0 Å². The highest BCUT2D eigenvalue weighted by Crippen LogP contribution is 2.16. The molecule has 0 bridgehead atoms. The Morgan fingerprint density at radius 1 is 1.04 bits per heavy atom. The Morgan fingerprint density at radius 3 is 2.21 bits per heavy atom. The highest BCUT2D eigenvalue weighted by Gasteiger charge is 2.11. The van der Waals surface area contributed by atoms with Crippen LogP contribution in [0.25, 0.3) is 0 Å². The van der Waals surface area contributed by atoms with Gasteiger partial charge < -0.3 is 5.32 Å². The zero-order chi connectivity index (χ0) is 18.0. The molecule has 0 atom stereocenters. The van der Waals surface area contributed by atoms with E-state index in [4.69, 9.17) is 5.14 Å². The highest BCUT2D eigenvalue weighted by atomic mass is 32.2. The number of carbonyl (C=O) groups is 1. The van der Waals surface area contributed by atoms with Gasteiger partial charge in [-0.2, -0.15) is 0 Å². The fourth-order valence-electron chi connectivity index (χ4n) is 2.01. The van der Waals surface area contributed by atoms with Crippen molar-refractivity contribution in [2.45, 2.75) is 10.6 Å². The predicted molar refractivity (Wildman–Crippen MR) is 90.8 cm³/mol. The standard InChI is InChI=1S/C15H16N2O5S2/c1-23(19,20)10-11-5-7-12(8-6-11)15(18)17-13-3-2-4-14(9-13)24(16,21)22/h2-9H,10H2,1H3,(H,17,18)(H2,16,21,22). The van der Waals surface area contributed by atoms with Crippen molar-refractivity contribution in [1.82, 2.24) is 0 Å². The number of hydrogen-bond acceptors (Lipinski definition) is 5. The van der Waals surface area contributed by atoms with Crippen LogP contribution >= 0.6 is 0 Å². The number of amides is 1. The van der Waals surface area contributed by atoms with E-state index >= 15 is 0 Å². The van der Waals surface area contributed by atoms with Crippen molar-refractivity contribution in [2.75, 3.05) is 11.6 Å². The summed E-state index contributed by atoms with van der Waals surface area (Å²) >= 11 is 0. The van der Waals surface area contributed by atoms with E-state index in [1.54, 1.807) is 12.1 Å². The third kappa shape index (κ3) is 5.15. The number of rotatable bonds is 5. The molecule has 1 amide bonds. The lowest BCUT2D eigenvalue weighted by molar-refractivity contribution is 0.102. The first-order valence-electron chi connectivity index (χ1n) is 6.75. The summed E-state index contributed by atoms with van der Waals surface area (Å²) < 4.78 is 45.1. The number of sulfone groups is 1. The van der Waals surface area contributed by atoms with E-state index in [2.05, 4.69) is 5.32 Å². The number of carbonyl (C=O) groups excluding carboxylic acids is 1. The van der Waals surface area contributed by atoms with Crippen LogP contribution in [0.3, 0.4) is 0 Å². The van der Waals surface area contributed by atoms with Gasteiger partial charge in [-0.15, -0.1) is 0 Å². The molecule has 7 nitrogen and oxygen atoms in total. The smallest absolute Gasteiger partial charge is 0.255 e. The Kier molecular flexibility index (Phi) is 5.07. The normalized spacial score (nSPS) is 11.9. The molecule has 0 aliphatic carbocycles. The fourth-order valence-corrected chi connectivity index (χ4v) is 3.37. The van der Waals surface area contributed by atoms with Gasteiger partial charge in [-0.05, 0) is 35.9 Å². The molecule has 0 fully saturated rings. The SMILES string of the molecule is CS(=O)(=O)Cc1ccc(C(=O)Nc2cccc(S(N)(=O)=O)c2)cc1. The van der Waals surface area contributed by atoms with Gasteiger partial charge in [-0.1, -0.05) is 18.2 Å². The molecule has 0 radical (unpaired) electrons. The lowest BCUT2D eigenvalue weighted by Gasteiger charge is -2.07. The molecule has 0 unspecified atom stereocenters. The Morgan fingerprint density at radius 2 is 1.67 bits per heavy atom. The molecule has 0 spiro atoms. The molecule has 2 aromatic rings. The number of benzene rings is 2. The second-order valence-corrected chi connectivity index (χ2v) is 9.00. The topological polar surface area (TPSA) is 123 Å². The van der Waals surface area contributed by atoms with Crippen molar-refractivity contribution in [3.63, 3.8) is 0 Å². The molecule has 0 aromatic heterocycles. The first-order valence-corrected chi connectivity index (χ1v) is 10.4. The van der Waals surface area contributed by atoms with Crippen LogP contribution in [0, 0.1) is 0 Å². The van der Waals surface area contributed by atoms with Crippen LogP contribution in [0.2, 0.25) is 0 Å². The molecular formula is C15H16N2O5S2. The van der Waals surface area contributed by atoms with Crippen molar-refractivity contribution >= 4 is 31.5 Å². The predicted octanol–water partition coefficient (Wildman–Crippen LogP) is 1.13. The van der Waals surface area contributed by atoms with Gasteiger partial charge in [0.25, 0.3) is 5.91 Å². The zero-order valence-corrected chi connectivity index (χ0v) is 14.4. The van der Waals surface area contributed by atoms with Gasteiger partial charge in [0.1, 0.15) is 0 Å². The first-order chi connectivity index (χ1) is 11.0. The molecule has 9 heteroatoms. The van der Waals surface area contributed by atoms with Crippen molar-refractivity contribution in [3.05, 3.63) is 59.7 Å². The first kappa shape index (κ1) is 18.1. The third-order valence-electron chi connectivity index (χ3n) is 3.07. The van der Waals surface area contributed by atoms with Crippen LogP contribution in [0.15, 0.2) is 53.4 Å². The average Bonchev–Trinajstić information content (AvgIpc) is 2.45. The number of anilines is 1. The summed E-state index contributed by atoms with van der Waals surface area (Å²) in [5.74, 6) is -0.557. The minimum Gasteiger partial charge on any atom is -0.322 e. The molecule has 128 valence electrons. The minimum atomic E-state index is -3.86. The lowest BCUT2D eigenvalue weighted by Crippen LogP contribution is -2.15. The Hall–Kier alpha value is -2.23. The van der Waals surface area contributed by atoms with E-state index in [1.807, 2.05) is 0 Å². The van der Waals surface area contributed by atoms with E-state index < -0.39 is 25.8 Å². The van der Waals surface area contributed by atoms with Crippen LogP contribution in [0.5, 0.6) is 0 Å². The van der Waals surface area contributed by atoms with Gasteiger partial charge in [0.05, 0.1) is 10.6 Å². The maximum absolute atomic E-state index is 12.2. The van der Waals surface area contributed by atoms with Gasteiger partial charge in [-0.3, -0.25) is 4.79 Å². The molecular weight excluding hydrogens is 352 g/mol. The van der Waals surface area contributed by atoms with Crippen LogP contribution in [0.4, 0.5) is 5.69 Å². The van der Waals surface area contributed by atoms with Crippen molar-refractivity contribution in [1.29, 1.82) is 0 Å². The van der Waals surface area contributed by atoms with E-state index in [9.17, 15) is 21.6 Å². The molecule has 3 N–H and O–H groups in total. The second-order valence-electron chi connectivity index (χ2n) is 5.29. The second kappa shape index (κ2) is 6.71. The summed E-state index contributed by atoms with van der Waals surface area (Å²) in [6.07, 6.45) is 1.13.